The first-order valence-corrected chi connectivity index (χ1v) is 15.2. The van der Waals surface area contributed by atoms with Crippen LogP contribution < -0.4 is 10.1 Å². The highest BCUT2D eigenvalue weighted by Gasteiger charge is 2.43. The number of carbonyl (C=O) groups is 3. The molecule has 220 valence electrons. The van der Waals surface area contributed by atoms with Crippen LogP contribution in [0.25, 0.3) is 0 Å². The smallest absolute Gasteiger partial charge is 0.269 e. The number of carbonyl (C=O) groups excluding carboxylic acids is 3. The van der Waals surface area contributed by atoms with Crippen molar-refractivity contribution in [1.82, 2.24) is 14.5 Å². The number of nitrogens with one attached hydrogen (secondary N) is 1. The highest BCUT2D eigenvalue weighted by molar-refractivity contribution is 7.90. The van der Waals surface area contributed by atoms with Crippen molar-refractivity contribution in [3.63, 3.8) is 0 Å². The summed E-state index contributed by atoms with van der Waals surface area (Å²) in [5.74, 6) is -1.61. The fourth-order valence-corrected chi connectivity index (χ4v) is 6.85. The Hall–Kier alpha value is -3.93. The monoisotopic (exact) mass is 611 g/mol. The Morgan fingerprint density at radius 1 is 1.12 bits per heavy atom. The van der Waals surface area contributed by atoms with Crippen LogP contribution in [0.4, 0.5) is 0 Å². The van der Waals surface area contributed by atoms with Crippen LogP contribution in [0.1, 0.15) is 40.4 Å². The molecular formula is C30H30ClN3O7S. The molecule has 42 heavy (non-hydrogen) atoms. The average Bonchev–Trinajstić information content (AvgIpc) is 3.58. The molecule has 3 aromatic carbocycles. The van der Waals surface area contributed by atoms with Crippen LogP contribution in [-0.2, 0) is 30.9 Å². The summed E-state index contributed by atoms with van der Waals surface area (Å²) in [5, 5.41) is 3.26. The number of methoxy groups -OCH3 is 1. The van der Waals surface area contributed by atoms with Crippen molar-refractivity contribution in [2.45, 2.75) is 36.4 Å². The number of nitrogens with zero attached hydrogens (tertiary/aromatic N) is 2. The summed E-state index contributed by atoms with van der Waals surface area (Å²) in [6, 6.07) is 18.1. The minimum absolute atomic E-state index is 0.0124. The maximum absolute atomic E-state index is 14.1. The Bertz CT molecular complexity index is 1610. The zero-order chi connectivity index (χ0) is 29.9. The molecule has 1 fully saturated rings. The first-order valence-electron chi connectivity index (χ1n) is 13.4. The van der Waals surface area contributed by atoms with E-state index in [1.54, 1.807) is 54.6 Å². The predicted molar refractivity (Wildman–Crippen MR) is 154 cm³/mol. The molecule has 5 rings (SSSR count). The molecule has 2 aliphatic heterocycles. The van der Waals surface area contributed by atoms with Gasteiger partial charge in [-0.05, 0) is 54.3 Å². The van der Waals surface area contributed by atoms with Crippen LogP contribution in [0.5, 0.6) is 5.75 Å². The van der Waals surface area contributed by atoms with E-state index in [1.165, 1.54) is 30.2 Å². The van der Waals surface area contributed by atoms with Crippen LogP contribution >= 0.6 is 11.6 Å². The van der Waals surface area contributed by atoms with Gasteiger partial charge in [-0.1, -0.05) is 54.1 Å². The molecule has 10 nitrogen and oxygen atoms in total. The summed E-state index contributed by atoms with van der Waals surface area (Å²) in [5.41, 5.74) is 0.950. The van der Waals surface area contributed by atoms with Gasteiger partial charge in [0.2, 0.25) is 11.8 Å². The van der Waals surface area contributed by atoms with Crippen molar-refractivity contribution in [1.29, 1.82) is 0 Å². The number of halogens is 1. The zero-order valence-electron chi connectivity index (χ0n) is 22.9. The lowest BCUT2D eigenvalue weighted by molar-refractivity contribution is -0.141. The second kappa shape index (κ2) is 12.5. The number of ether oxygens (including phenoxy) is 2. The number of fused-ring (bicyclic) bond motifs is 1. The molecule has 2 aliphatic rings. The van der Waals surface area contributed by atoms with Crippen LogP contribution in [0.15, 0.2) is 77.7 Å². The van der Waals surface area contributed by atoms with E-state index in [1.807, 2.05) is 0 Å². The minimum atomic E-state index is -4.27. The van der Waals surface area contributed by atoms with Gasteiger partial charge >= 0.3 is 0 Å². The molecule has 2 heterocycles. The fourth-order valence-electron chi connectivity index (χ4n) is 5.14. The van der Waals surface area contributed by atoms with E-state index in [0.29, 0.717) is 32.8 Å². The molecule has 0 aliphatic carbocycles. The van der Waals surface area contributed by atoms with Crippen LogP contribution in [0.2, 0.25) is 5.02 Å². The molecule has 3 aromatic rings. The molecule has 2 atom stereocenters. The largest absolute Gasteiger partial charge is 0.497 e. The summed E-state index contributed by atoms with van der Waals surface area (Å²) in [7, 11) is -2.79. The maximum Gasteiger partial charge on any atom is 0.269 e. The molecule has 0 saturated carbocycles. The second-order valence-corrected chi connectivity index (χ2v) is 12.2. The zero-order valence-corrected chi connectivity index (χ0v) is 24.4. The van der Waals surface area contributed by atoms with E-state index in [0.717, 1.165) is 12.8 Å². The SMILES string of the molecule is COc1cccc(C(C(=O)NCC2CCCO2)N(Cc2ccccc2Cl)C(=O)CN2C(=O)c3ccccc3S2(=O)=O)c1. The van der Waals surface area contributed by atoms with Crippen molar-refractivity contribution in [3.8, 4) is 5.75 Å². The summed E-state index contributed by atoms with van der Waals surface area (Å²) in [4.78, 5) is 42.2. The average molecular weight is 612 g/mol. The molecule has 0 aromatic heterocycles. The maximum atomic E-state index is 14.1. The first-order chi connectivity index (χ1) is 20.2. The van der Waals surface area contributed by atoms with Gasteiger partial charge in [-0.15, -0.1) is 0 Å². The van der Waals surface area contributed by atoms with Gasteiger partial charge in [-0.3, -0.25) is 14.4 Å². The summed E-state index contributed by atoms with van der Waals surface area (Å²) < 4.78 is 38.1. The highest BCUT2D eigenvalue weighted by atomic mass is 35.5. The first kappa shape index (κ1) is 29.6. The Balaban J connectivity index is 1.53. The molecule has 1 saturated heterocycles. The Morgan fingerprint density at radius 3 is 2.60 bits per heavy atom. The molecule has 0 spiro atoms. The Kier molecular flexibility index (Phi) is 8.81. The van der Waals surface area contributed by atoms with Gasteiger partial charge in [0, 0.05) is 24.7 Å². The molecule has 0 radical (unpaired) electrons. The molecule has 1 N–H and O–H groups in total. The number of sulfonamides is 1. The summed E-state index contributed by atoms with van der Waals surface area (Å²) in [6.07, 6.45) is 1.53. The van der Waals surface area contributed by atoms with Crippen molar-refractivity contribution in [2.75, 3.05) is 26.8 Å². The van der Waals surface area contributed by atoms with E-state index in [2.05, 4.69) is 5.32 Å². The van der Waals surface area contributed by atoms with E-state index >= 15 is 0 Å². The number of hydrogen-bond donors (Lipinski definition) is 1. The lowest BCUT2D eigenvalue weighted by Gasteiger charge is -2.33. The van der Waals surface area contributed by atoms with E-state index in [-0.39, 0.29) is 29.7 Å². The minimum Gasteiger partial charge on any atom is -0.497 e. The third-order valence-electron chi connectivity index (χ3n) is 7.31. The molecule has 0 bridgehead atoms. The fraction of sp³-hybridized carbons (Fsp3) is 0.300. The number of hydrogen-bond acceptors (Lipinski definition) is 7. The third kappa shape index (κ3) is 5.99. The standard InChI is InChI=1S/C30H30ClN3O7S/c1-40-22-10-6-9-20(16-22)28(29(36)32-17-23-11-7-15-41-23)33(18-21-8-2-4-13-25(21)31)27(35)19-34-30(37)24-12-3-5-14-26(24)42(34,38)39/h2-6,8-10,12-14,16,23,28H,7,11,15,17-19H2,1H3,(H,32,36). The quantitative estimate of drug-likeness (QED) is 0.372. The molecule has 3 amide bonds. The van der Waals surface area contributed by atoms with E-state index in [9.17, 15) is 22.8 Å². The Labute approximate surface area is 249 Å². The lowest BCUT2D eigenvalue weighted by Crippen LogP contribution is -2.48. The van der Waals surface area contributed by atoms with Gasteiger partial charge in [0.25, 0.3) is 15.9 Å². The predicted octanol–water partition coefficient (Wildman–Crippen LogP) is 3.56. The summed E-state index contributed by atoms with van der Waals surface area (Å²) >= 11 is 6.46. The Morgan fingerprint density at radius 2 is 1.88 bits per heavy atom. The van der Waals surface area contributed by atoms with E-state index < -0.39 is 40.3 Å². The highest BCUT2D eigenvalue weighted by Crippen LogP contribution is 2.32. The van der Waals surface area contributed by atoms with Gasteiger partial charge in [0.1, 0.15) is 23.2 Å². The third-order valence-corrected chi connectivity index (χ3v) is 9.46. The van der Waals surface area contributed by atoms with E-state index in [4.69, 9.17) is 21.1 Å². The topological polar surface area (TPSA) is 122 Å². The number of benzene rings is 3. The van der Waals surface area contributed by atoms with Crippen LogP contribution in [0, 0.1) is 0 Å². The molecule has 12 heteroatoms. The lowest BCUT2D eigenvalue weighted by atomic mass is 10.0. The van der Waals surface area contributed by atoms with Gasteiger partial charge in [0.15, 0.2) is 0 Å². The van der Waals surface area contributed by atoms with Crippen LogP contribution in [0.3, 0.4) is 0 Å². The van der Waals surface area contributed by atoms with Gasteiger partial charge in [-0.2, -0.15) is 0 Å². The summed E-state index contributed by atoms with van der Waals surface area (Å²) in [6.45, 7) is -0.0953. The van der Waals surface area contributed by atoms with Gasteiger partial charge < -0.3 is 19.7 Å². The van der Waals surface area contributed by atoms with Crippen molar-refractivity contribution < 1.29 is 32.3 Å². The molecular weight excluding hydrogens is 582 g/mol. The second-order valence-electron chi connectivity index (χ2n) is 9.99. The van der Waals surface area contributed by atoms with Crippen molar-refractivity contribution in [3.05, 3.63) is 94.5 Å². The normalized spacial score (nSPS) is 17.9. The van der Waals surface area contributed by atoms with Gasteiger partial charge in [0.05, 0.1) is 18.8 Å². The molecule has 2 unspecified atom stereocenters. The van der Waals surface area contributed by atoms with Crippen molar-refractivity contribution in [2.24, 2.45) is 0 Å². The number of rotatable bonds is 10. The van der Waals surface area contributed by atoms with Gasteiger partial charge in [-0.25, -0.2) is 12.7 Å². The van der Waals surface area contributed by atoms with Crippen molar-refractivity contribution >= 4 is 39.3 Å². The number of amides is 3. The van der Waals surface area contributed by atoms with Crippen LogP contribution in [-0.4, -0.2) is 68.3 Å².